The fourth-order valence-corrected chi connectivity index (χ4v) is 2.62. The number of rotatable bonds is 5. The molecule has 2 aromatic carbocycles. The number of hydrazine groups is 1. The molecule has 0 unspecified atom stereocenters. The molecule has 0 heterocycles. The molecule has 0 radical (unpaired) electrons. The van der Waals surface area contributed by atoms with E-state index in [-0.39, 0.29) is 11.3 Å². The van der Waals surface area contributed by atoms with Gasteiger partial charge < -0.3 is 0 Å². The van der Waals surface area contributed by atoms with Crippen LogP contribution in [0.5, 0.6) is 0 Å². The normalized spacial score (nSPS) is 11.2. The van der Waals surface area contributed by atoms with Crippen LogP contribution < -0.4 is 10.3 Å². The molecule has 0 saturated heterocycles. The summed E-state index contributed by atoms with van der Waals surface area (Å²) < 4.78 is 36.5. The minimum Gasteiger partial charge on any atom is -0.277 e. The van der Waals surface area contributed by atoms with E-state index in [0.717, 1.165) is 24.3 Å². The van der Waals surface area contributed by atoms with Crippen LogP contribution in [-0.4, -0.2) is 14.3 Å². The van der Waals surface area contributed by atoms with Crippen molar-refractivity contribution < 1.29 is 17.6 Å². The van der Waals surface area contributed by atoms with Crippen LogP contribution in [0.25, 0.3) is 0 Å². The second-order valence-corrected chi connectivity index (χ2v) is 6.53. The third-order valence-corrected chi connectivity index (χ3v) is 4.24. The molecule has 0 aromatic heterocycles. The molecule has 0 aliphatic carbocycles. The second-order valence-electron chi connectivity index (χ2n) is 4.41. The molecule has 5 nitrogen and oxygen atoms in total. The summed E-state index contributed by atoms with van der Waals surface area (Å²) in [5.74, 6) is -1.08. The van der Waals surface area contributed by atoms with Gasteiger partial charge in [-0.25, -0.2) is 12.8 Å². The van der Waals surface area contributed by atoms with Crippen LogP contribution in [0.1, 0.15) is 5.56 Å². The van der Waals surface area contributed by atoms with E-state index in [1.807, 2.05) is 4.83 Å². The van der Waals surface area contributed by atoms with Gasteiger partial charge in [0, 0.05) is 5.02 Å². The molecule has 0 atom stereocenters. The van der Waals surface area contributed by atoms with Crippen molar-refractivity contribution >= 4 is 27.5 Å². The highest BCUT2D eigenvalue weighted by Gasteiger charge is 2.15. The Labute approximate surface area is 132 Å². The number of hydrogen-bond donors (Lipinski definition) is 2. The molecule has 116 valence electrons. The minimum absolute atomic E-state index is 0.0108. The number of carbonyl (C=O) groups excluding carboxylic acids is 1. The standard InChI is InChI=1S/C14H12ClFN2O3S/c15-11-3-1-10(2-4-11)9-14(19)17-18-22(20,21)13-7-5-12(16)6-8-13/h1-8,18H,9H2,(H,17,19). The van der Waals surface area contributed by atoms with Gasteiger partial charge in [-0.15, -0.1) is 4.83 Å². The third kappa shape index (κ3) is 4.52. The average Bonchev–Trinajstić information content (AvgIpc) is 2.48. The van der Waals surface area contributed by atoms with Gasteiger partial charge in [-0.05, 0) is 42.0 Å². The Balaban J connectivity index is 1.95. The summed E-state index contributed by atoms with van der Waals surface area (Å²) in [7, 11) is -3.94. The van der Waals surface area contributed by atoms with Crippen LogP contribution in [0.4, 0.5) is 4.39 Å². The Morgan fingerprint density at radius 2 is 1.64 bits per heavy atom. The van der Waals surface area contributed by atoms with Gasteiger partial charge in [0.25, 0.3) is 10.0 Å². The number of carbonyl (C=O) groups is 1. The van der Waals surface area contributed by atoms with Crippen LogP contribution >= 0.6 is 11.6 Å². The molecule has 0 aliphatic heterocycles. The SMILES string of the molecule is O=C(Cc1ccc(Cl)cc1)NNS(=O)(=O)c1ccc(F)cc1. The van der Waals surface area contributed by atoms with Gasteiger partial charge in [-0.2, -0.15) is 0 Å². The van der Waals surface area contributed by atoms with E-state index in [4.69, 9.17) is 11.6 Å². The van der Waals surface area contributed by atoms with E-state index >= 15 is 0 Å². The van der Waals surface area contributed by atoms with Crippen LogP contribution in [0, 0.1) is 5.82 Å². The van der Waals surface area contributed by atoms with Gasteiger partial charge in [0.05, 0.1) is 11.3 Å². The fraction of sp³-hybridized carbons (Fsp3) is 0.0714. The molecule has 22 heavy (non-hydrogen) atoms. The molecule has 0 saturated carbocycles. The van der Waals surface area contributed by atoms with Crippen molar-refractivity contribution in [1.29, 1.82) is 0 Å². The summed E-state index contributed by atoms with van der Waals surface area (Å²) in [6.07, 6.45) is -0.0108. The number of benzene rings is 2. The van der Waals surface area contributed by atoms with Crippen LogP contribution in [0.3, 0.4) is 0 Å². The van der Waals surface area contributed by atoms with Crippen molar-refractivity contribution in [3.8, 4) is 0 Å². The highest BCUT2D eigenvalue weighted by atomic mass is 35.5. The molecule has 2 N–H and O–H groups in total. The number of amides is 1. The van der Waals surface area contributed by atoms with E-state index in [9.17, 15) is 17.6 Å². The van der Waals surface area contributed by atoms with Crippen LogP contribution in [0.2, 0.25) is 5.02 Å². The van der Waals surface area contributed by atoms with Gasteiger partial charge in [0.2, 0.25) is 5.91 Å². The minimum atomic E-state index is -3.94. The molecule has 0 bridgehead atoms. The summed E-state index contributed by atoms with van der Waals surface area (Å²) in [6.45, 7) is 0. The van der Waals surface area contributed by atoms with Gasteiger partial charge in [0.1, 0.15) is 5.82 Å². The molecule has 0 fully saturated rings. The molecule has 2 aromatic rings. The maximum absolute atomic E-state index is 12.8. The average molecular weight is 343 g/mol. The van der Waals surface area contributed by atoms with Crippen molar-refractivity contribution in [2.75, 3.05) is 0 Å². The van der Waals surface area contributed by atoms with Crippen molar-refractivity contribution in [2.45, 2.75) is 11.3 Å². The Bertz CT molecular complexity index is 762. The van der Waals surface area contributed by atoms with Crippen molar-refractivity contribution in [2.24, 2.45) is 0 Å². The first-order valence-corrected chi connectivity index (χ1v) is 8.03. The van der Waals surface area contributed by atoms with E-state index in [2.05, 4.69) is 5.43 Å². The summed E-state index contributed by atoms with van der Waals surface area (Å²) >= 11 is 5.73. The van der Waals surface area contributed by atoms with Crippen LogP contribution in [-0.2, 0) is 21.2 Å². The Morgan fingerprint density at radius 3 is 2.23 bits per heavy atom. The lowest BCUT2D eigenvalue weighted by atomic mass is 10.1. The van der Waals surface area contributed by atoms with E-state index < -0.39 is 21.7 Å². The Morgan fingerprint density at radius 1 is 1.05 bits per heavy atom. The van der Waals surface area contributed by atoms with E-state index in [1.165, 1.54) is 0 Å². The van der Waals surface area contributed by atoms with Gasteiger partial charge in [0.15, 0.2) is 0 Å². The second kappa shape index (κ2) is 6.87. The predicted molar refractivity (Wildman–Crippen MR) is 80.0 cm³/mol. The topological polar surface area (TPSA) is 75.3 Å². The number of hydrogen-bond acceptors (Lipinski definition) is 3. The number of nitrogens with one attached hydrogen (secondary N) is 2. The lowest BCUT2D eigenvalue weighted by Crippen LogP contribution is -2.42. The molecule has 1 amide bonds. The lowest BCUT2D eigenvalue weighted by molar-refractivity contribution is -0.120. The van der Waals surface area contributed by atoms with Crippen molar-refractivity contribution in [1.82, 2.24) is 10.3 Å². The summed E-state index contributed by atoms with van der Waals surface area (Å²) in [5, 5.41) is 0.543. The highest BCUT2D eigenvalue weighted by molar-refractivity contribution is 7.89. The lowest BCUT2D eigenvalue weighted by Gasteiger charge is -2.08. The Hall–Kier alpha value is -1.96. The maximum Gasteiger partial charge on any atom is 0.257 e. The third-order valence-electron chi connectivity index (χ3n) is 2.73. The quantitative estimate of drug-likeness (QED) is 0.816. The van der Waals surface area contributed by atoms with E-state index in [1.54, 1.807) is 24.3 Å². The van der Waals surface area contributed by atoms with Crippen molar-refractivity contribution in [3.63, 3.8) is 0 Å². The summed E-state index contributed by atoms with van der Waals surface area (Å²) in [4.78, 5) is 13.5. The first-order valence-electron chi connectivity index (χ1n) is 6.17. The van der Waals surface area contributed by atoms with Gasteiger partial charge >= 0.3 is 0 Å². The fourth-order valence-electron chi connectivity index (χ4n) is 1.63. The molecule has 8 heteroatoms. The highest BCUT2D eigenvalue weighted by Crippen LogP contribution is 2.10. The summed E-state index contributed by atoms with van der Waals surface area (Å²) in [6, 6.07) is 10.8. The monoisotopic (exact) mass is 342 g/mol. The molecule has 0 aliphatic rings. The molecule has 2 rings (SSSR count). The maximum atomic E-state index is 12.8. The largest absolute Gasteiger partial charge is 0.277 e. The zero-order chi connectivity index (χ0) is 16.2. The first-order chi connectivity index (χ1) is 10.4. The van der Waals surface area contributed by atoms with Gasteiger partial charge in [-0.1, -0.05) is 23.7 Å². The zero-order valence-electron chi connectivity index (χ0n) is 11.2. The smallest absolute Gasteiger partial charge is 0.257 e. The summed E-state index contributed by atoms with van der Waals surface area (Å²) in [5.41, 5.74) is 2.78. The first kappa shape index (κ1) is 16.4. The molecular formula is C14H12ClFN2O3S. The number of halogens is 2. The van der Waals surface area contributed by atoms with Gasteiger partial charge in [-0.3, -0.25) is 10.2 Å². The van der Waals surface area contributed by atoms with Crippen molar-refractivity contribution in [3.05, 3.63) is 64.9 Å². The molecule has 0 spiro atoms. The molecular weight excluding hydrogens is 331 g/mol. The zero-order valence-corrected chi connectivity index (χ0v) is 12.8. The predicted octanol–water partition coefficient (Wildman–Crippen LogP) is 2.03. The van der Waals surface area contributed by atoms with Crippen LogP contribution in [0.15, 0.2) is 53.4 Å². The van der Waals surface area contributed by atoms with E-state index in [0.29, 0.717) is 10.6 Å². The Kier molecular flexibility index (Phi) is 5.12. The number of sulfonamides is 1.